The molecule has 2 aromatic carbocycles. The van der Waals surface area contributed by atoms with Crippen LogP contribution < -0.4 is 5.32 Å². The topological polar surface area (TPSA) is 55.1 Å². The third-order valence-electron chi connectivity index (χ3n) is 3.48. The van der Waals surface area contributed by atoms with E-state index in [1.165, 1.54) is 0 Å². The molecular formula is C17H10N2O2S2. The Hall–Kier alpha value is -2.44. The summed E-state index contributed by atoms with van der Waals surface area (Å²) in [5.41, 5.74) is 2.71. The molecule has 0 radical (unpaired) electrons. The minimum atomic E-state index is -0.141. The van der Waals surface area contributed by atoms with E-state index in [0.717, 1.165) is 44.5 Å². The van der Waals surface area contributed by atoms with Crippen LogP contribution in [0, 0.1) is 0 Å². The number of hydrogen-bond acceptors (Lipinski definition) is 5. The monoisotopic (exact) mass is 338 g/mol. The lowest BCUT2D eigenvalue weighted by Gasteiger charge is -1.99. The highest BCUT2D eigenvalue weighted by molar-refractivity contribution is 8.19. The Labute approximate surface area is 141 Å². The quantitative estimate of drug-likeness (QED) is 0.546. The summed E-state index contributed by atoms with van der Waals surface area (Å²) >= 11 is 6.25. The van der Waals surface area contributed by atoms with Crippen LogP contribution in [0.1, 0.15) is 5.56 Å². The molecule has 1 saturated heterocycles. The van der Waals surface area contributed by atoms with Crippen LogP contribution in [0.5, 0.6) is 0 Å². The van der Waals surface area contributed by atoms with Crippen molar-refractivity contribution in [3.05, 3.63) is 59.0 Å². The first-order chi connectivity index (χ1) is 11.2. The largest absolute Gasteiger partial charge is 0.355 e. The zero-order chi connectivity index (χ0) is 15.8. The van der Waals surface area contributed by atoms with E-state index < -0.39 is 0 Å². The number of hydrogen-bond donors (Lipinski definition) is 1. The minimum absolute atomic E-state index is 0.141. The predicted octanol–water partition coefficient (Wildman–Crippen LogP) is 4.62. The van der Waals surface area contributed by atoms with Crippen molar-refractivity contribution in [2.45, 2.75) is 0 Å². The molecule has 1 fully saturated rings. The third-order valence-corrected chi connectivity index (χ3v) is 4.76. The van der Waals surface area contributed by atoms with Crippen molar-refractivity contribution in [3.63, 3.8) is 0 Å². The van der Waals surface area contributed by atoms with Gasteiger partial charge in [-0.15, -0.1) is 0 Å². The Morgan fingerprint density at radius 2 is 2.00 bits per heavy atom. The van der Waals surface area contributed by atoms with E-state index in [1.54, 1.807) is 0 Å². The fourth-order valence-electron chi connectivity index (χ4n) is 2.42. The zero-order valence-electron chi connectivity index (χ0n) is 11.8. The molecular weight excluding hydrogens is 328 g/mol. The molecule has 4 rings (SSSR count). The second-order valence-corrected chi connectivity index (χ2v) is 6.43. The van der Waals surface area contributed by atoms with Gasteiger partial charge >= 0.3 is 0 Å². The molecule has 23 heavy (non-hydrogen) atoms. The molecule has 1 amide bonds. The molecule has 2 heterocycles. The molecule has 112 valence electrons. The summed E-state index contributed by atoms with van der Waals surface area (Å²) < 4.78 is 5.50. The van der Waals surface area contributed by atoms with Crippen LogP contribution in [0.25, 0.3) is 28.3 Å². The van der Waals surface area contributed by atoms with Gasteiger partial charge in [-0.05, 0) is 35.5 Å². The van der Waals surface area contributed by atoms with Gasteiger partial charge < -0.3 is 9.84 Å². The van der Waals surface area contributed by atoms with Crippen LogP contribution in [-0.4, -0.2) is 15.4 Å². The smallest absolute Gasteiger partial charge is 0.289 e. The number of aromatic nitrogens is 1. The molecule has 0 saturated carbocycles. The molecule has 3 aromatic rings. The molecule has 0 aliphatic carbocycles. The highest BCUT2D eigenvalue weighted by Gasteiger charge is 2.21. The Bertz CT molecular complexity index is 961. The fraction of sp³-hybridized carbons (Fsp3) is 0. The van der Waals surface area contributed by atoms with E-state index in [4.69, 9.17) is 16.7 Å². The summed E-state index contributed by atoms with van der Waals surface area (Å²) in [4.78, 5) is 12.6. The maximum Gasteiger partial charge on any atom is 0.289 e. The van der Waals surface area contributed by atoms with Gasteiger partial charge in [0, 0.05) is 5.56 Å². The summed E-state index contributed by atoms with van der Waals surface area (Å²) in [5, 5.41) is 7.50. The number of nitrogens with zero attached hydrogens (tertiary/aromatic N) is 1. The Kier molecular flexibility index (Phi) is 3.48. The summed E-state index contributed by atoms with van der Waals surface area (Å²) in [6.45, 7) is 0. The van der Waals surface area contributed by atoms with E-state index in [0.29, 0.717) is 4.99 Å². The lowest BCUT2D eigenvalue weighted by molar-refractivity contribution is 0.265. The van der Waals surface area contributed by atoms with Gasteiger partial charge in [-0.3, -0.25) is 4.79 Å². The molecule has 0 bridgehead atoms. The lowest BCUT2D eigenvalue weighted by atomic mass is 10.1. The fourth-order valence-corrected chi connectivity index (χ4v) is 3.45. The third kappa shape index (κ3) is 2.67. The van der Waals surface area contributed by atoms with Gasteiger partial charge in [0.05, 0.1) is 10.3 Å². The van der Waals surface area contributed by atoms with E-state index >= 15 is 0 Å². The molecule has 0 atom stereocenters. The van der Waals surface area contributed by atoms with Crippen molar-refractivity contribution >= 4 is 51.2 Å². The van der Waals surface area contributed by atoms with Gasteiger partial charge in [0.2, 0.25) is 0 Å². The van der Waals surface area contributed by atoms with Crippen LogP contribution in [0.15, 0.2) is 58.0 Å². The van der Waals surface area contributed by atoms with Gasteiger partial charge in [-0.25, -0.2) is 0 Å². The molecule has 1 aliphatic rings. The van der Waals surface area contributed by atoms with Gasteiger partial charge in [-0.2, -0.15) is 0 Å². The first-order valence-electron chi connectivity index (χ1n) is 6.90. The number of rotatable bonds is 2. The molecule has 6 heteroatoms. The van der Waals surface area contributed by atoms with E-state index in [-0.39, 0.29) is 5.24 Å². The number of thiocarbonyl (C=S) groups is 1. The van der Waals surface area contributed by atoms with Gasteiger partial charge in [0.15, 0.2) is 5.76 Å². The van der Waals surface area contributed by atoms with E-state index in [2.05, 4.69) is 10.5 Å². The van der Waals surface area contributed by atoms with Crippen molar-refractivity contribution in [2.75, 3.05) is 0 Å². The molecule has 1 N–H and O–H groups in total. The summed E-state index contributed by atoms with van der Waals surface area (Å²) in [6.07, 6.45) is 1.89. The number of carbonyl (C=O) groups excluding carboxylic acids is 1. The summed E-state index contributed by atoms with van der Waals surface area (Å²) in [5.74, 6) is 0.733. The highest BCUT2D eigenvalue weighted by Crippen LogP contribution is 2.31. The SMILES string of the molecule is O=C1NC(=S)/C(=C/c2ccc3noc(-c4ccccc4)c3c2)S1. The predicted molar refractivity (Wildman–Crippen MR) is 96.1 cm³/mol. The van der Waals surface area contributed by atoms with Crippen LogP contribution in [-0.2, 0) is 0 Å². The van der Waals surface area contributed by atoms with Crippen molar-refractivity contribution < 1.29 is 9.32 Å². The van der Waals surface area contributed by atoms with Crippen molar-refractivity contribution in [1.29, 1.82) is 0 Å². The van der Waals surface area contributed by atoms with Crippen LogP contribution in [0.3, 0.4) is 0 Å². The first kappa shape index (κ1) is 14.2. The number of thioether (sulfide) groups is 1. The first-order valence-corrected chi connectivity index (χ1v) is 8.13. The Morgan fingerprint density at radius 1 is 1.17 bits per heavy atom. The molecule has 0 spiro atoms. The number of nitrogens with one attached hydrogen (secondary N) is 1. The molecule has 1 aromatic heterocycles. The average Bonchev–Trinajstić information content (AvgIpc) is 3.11. The number of benzene rings is 2. The standard InChI is InChI=1S/C17H10N2O2S2/c20-17-18-16(22)14(23-17)9-10-6-7-13-12(8-10)15(21-19-13)11-4-2-1-3-5-11/h1-9H,(H,18,20,22)/b14-9-. The van der Waals surface area contributed by atoms with E-state index in [9.17, 15) is 4.79 Å². The number of fused-ring (bicyclic) bond motifs is 1. The van der Waals surface area contributed by atoms with Crippen LogP contribution >= 0.6 is 24.0 Å². The van der Waals surface area contributed by atoms with Gasteiger partial charge in [0.25, 0.3) is 5.24 Å². The van der Waals surface area contributed by atoms with E-state index in [1.807, 2.05) is 54.6 Å². The number of carbonyl (C=O) groups is 1. The average molecular weight is 338 g/mol. The van der Waals surface area contributed by atoms with Gasteiger partial charge in [-0.1, -0.05) is 53.8 Å². The summed E-state index contributed by atoms with van der Waals surface area (Å²) in [7, 11) is 0. The summed E-state index contributed by atoms with van der Waals surface area (Å²) in [6, 6.07) is 15.7. The maximum absolute atomic E-state index is 11.4. The maximum atomic E-state index is 11.4. The van der Waals surface area contributed by atoms with Crippen LogP contribution in [0.4, 0.5) is 4.79 Å². The van der Waals surface area contributed by atoms with Crippen molar-refractivity contribution in [3.8, 4) is 11.3 Å². The molecule has 4 nitrogen and oxygen atoms in total. The van der Waals surface area contributed by atoms with Crippen LogP contribution in [0.2, 0.25) is 0 Å². The lowest BCUT2D eigenvalue weighted by Crippen LogP contribution is -2.15. The molecule has 1 aliphatic heterocycles. The number of amides is 1. The molecule has 0 unspecified atom stereocenters. The second-order valence-electron chi connectivity index (χ2n) is 5.01. The Balaban J connectivity index is 1.80. The second kappa shape index (κ2) is 5.64. The normalized spacial score (nSPS) is 16.3. The van der Waals surface area contributed by atoms with Crippen molar-refractivity contribution in [1.82, 2.24) is 10.5 Å². The minimum Gasteiger partial charge on any atom is -0.355 e. The zero-order valence-corrected chi connectivity index (χ0v) is 13.4. The van der Waals surface area contributed by atoms with Crippen molar-refractivity contribution in [2.24, 2.45) is 0 Å². The van der Waals surface area contributed by atoms with Gasteiger partial charge in [0.1, 0.15) is 10.5 Å². The highest BCUT2D eigenvalue weighted by atomic mass is 32.2. The Morgan fingerprint density at radius 3 is 2.74 bits per heavy atom.